The van der Waals surface area contributed by atoms with E-state index in [0.717, 1.165) is 11.3 Å². The molecular formula is C52H89N7O11S. The van der Waals surface area contributed by atoms with E-state index in [4.69, 9.17) is 18.9 Å². The third-order valence-corrected chi connectivity index (χ3v) is 14.2. The summed E-state index contributed by atoms with van der Waals surface area (Å²) in [4.78, 5) is 99.8. The van der Waals surface area contributed by atoms with Gasteiger partial charge in [-0.3, -0.25) is 33.7 Å². The van der Waals surface area contributed by atoms with Crippen molar-refractivity contribution in [1.82, 2.24) is 36.0 Å². The van der Waals surface area contributed by atoms with E-state index in [1.54, 1.807) is 49.6 Å². The first-order valence-corrected chi connectivity index (χ1v) is 26.6. The maximum absolute atomic E-state index is 14.4. The Kier molecular flexibility index (Phi) is 28.9. The van der Waals surface area contributed by atoms with E-state index < -0.39 is 72.2 Å². The molecule has 2 rings (SSSR count). The van der Waals surface area contributed by atoms with Crippen molar-refractivity contribution < 1.29 is 52.5 Å². The van der Waals surface area contributed by atoms with Crippen LogP contribution in [0.25, 0.3) is 0 Å². The van der Waals surface area contributed by atoms with Crippen LogP contribution in [-0.2, 0) is 58.9 Å². The predicted molar refractivity (Wildman–Crippen MR) is 277 cm³/mol. The van der Waals surface area contributed by atoms with E-state index in [0.29, 0.717) is 38.0 Å². The Morgan fingerprint density at radius 2 is 1.49 bits per heavy atom. The normalized spacial score (nSPS) is 17.6. The molecule has 6 amide bonds. The summed E-state index contributed by atoms with van der Waals surface area (Å²) in [5, 5.41) is 11.5. The van der Waals surface area contributed by atoms with Gasteiger partial charge in [-0.15, -0.1) is 0 Å². The van der Waals surface area contributed by atoms with Gasteiger partial charge < -0.3 is 50.0 Å². The maximum Gasteiger partial charge on any atom is 0.328 e. The van der Waals surface area contributed by atoms with Gasteiger partial charge in [0.15, 0.2) is 0 Å². The molecule has 0 radical (unpaired) electrons. The number of hydrogen-bond donors (Lipinski definition) is 4. The molecule has 0 aliphatic carbocycles. The number of benzene rings is 1. The van der Waals surface area contributed by atoms with Crippen molar-refractivity contribution in [2.75, 3.05) is 79.8 Å². The molecule has 10 atom stereocenters. The van der Waals surface area contributed by atoms with Gasteiger partial charge in [-0.1, -0.05) is 92.1 Å². The van der Waals surface area contributed by atoms with Gasteiger partial charge in [-0.05, 0) is 62.9 Å². The number of carbonyl (C=O) groups is 7. The van der Waals surface area contributed by atoms with E-state index in [1.807, 2.05) is 97.8 Å². The van der Waals surface area contributed by atoms with Gasteiger partial charge in [0, 0.05) is 53.0 Å². The van der Waals surface area contributed by atoms with E-state index in [2.05, 4.69) is 21.3 Å². The molecule has 19 heteroatoms. The Bertz CT molecular complexity index is 1800. The van der Waals surface area contributed by atoms with Crippen molar-refractivity contribution in [3.8, 4) is 0 Å². The molecule has 0 bridgehead atoms. The van der Waals surface area contributed by atoms with Crippen molar-refractivity contribution in [1.29, 1.82) is 0 Å². The summed E-state index contributed by atoms with van der Waals surface area (Å²) in [5.41, 5.74) is 0.837. The number of likely N-dealkylation sites (tertiary alicyclic amines) is 1. The smallest absolute Gasteiger partial charge is 0.328 e. The zero-order chi connectivity index (χ0) is 53.4. The first kappa shape index (κ1) is 62.8. The lowest BCUT2D eigenvalue weighted by atomic mass is 9.89. The molecule has 4 N–H and O–H groups in total. The fourth-order valence-electron chi connectivity index (χ4n) is 9.25. The minimum atomic E-state index is -0.947. The van der Waals surface area contributed by atoms with E-state index in [1.165, 1.54) is 7.11 Å². The average molecular weight is 1020 g/mol. The topological polar surface area (TPSA) is 214 Å². The summed E-state index contributed by atoms with van der Waals surface area (Å²) in [6.07, 6.45) is 1.09. The van der Waals surface area contributed by atoms with Crippen molar-refractivity contribution in [3.63, 3.8) is 0 Å². The zero-order valence-electron chi connectivity index (χ0n) is 45.2. The minimum Gasteiger partial charge on any atom is -0.462 e. The van der Waals surface area contributed by atoms with Gasteiger partial charge >= 0.3 is 5.97 Å². The van der Waals surface area contributed by atoms with Crippen LogP contribution < -0.4 is 21.3 Å². The molecule has 1 aliphatic rings. The summed E-state index contributed by atoms with van der Waals surface area (Å²) >= 11 is 1.64. The van der Waals surface area contributed by atoms with Gasteiger partial charge in [0.05, 0.1) is 55.9 Å². The van der Waals surface area contributed by atoms with E-state index in [9.17, 15) is 33.6 Å². The molecule has 0 saturated carbocycles. The Balaban J connectivity index is 2.14. The standard InChI is InChI=1S/C52H89N7O11S/c1-15-35(7)46(58(12)51(65)44(33(3)4)56-50(64)45(34(5)6)57(10)11)41(67-13)32-43(61)59-26-20-23-40(59)47(68-14)36(8)48(62)55-39(31-38-21-18-17-19-22-38)49(63)53-25-27-69-28-29-70-52(66)37(9)54-42(60)24-30-71-16-2/h17-19,21-22,33-37,39-41,44-47H,15-16,20,23-32H2,1-14H3,(H,53,63)(H,54,60)(H,55,62)(H,56,64)/t35-,36+,37-,39-,40-,41+,44-,45-,46?,47+/m0/s1. The maximum atomic E-state index is 14.4. The summed E-state index contributed by atoms with van der Waals surface area (Å²) < 4.78 is 22.9. The number of ether oxygens (including phenoxy) is 4. The molecule has 1 unspecified atom stereocenters. The largest absolute Gasteiger partial charge is 0.462 e. The highest BCUT2D eigenvalue weighted by molar-refractivity contribution is 7.99. The fourth-order valence-corrected chi connectivity index (χ4v) is 9.87. The molecule has 0 aromatic heterocycles. The van der Waals surface area contributed by atoms with Crippen LogP contribution in [0.2, 0.25) is 0 Å². The lowest BCUT2D eigenvalue weighted by Gasteiger charge is -2.41. The Labute approximate surface area is 428 Å². The Morgan fingerprint density at radius 3 is 2.07 bits per heavy atom. The van der Waals surface area contributed by atoms with Crippen LogP contribution >= 0.6 is 11.8 Å². The average Bonchev–Trinajstić information content (AvgIpc) is 3.81. The quantitative estimate of drug-likeness (QED) is 0.0585. The number of methoxy groups -OCH3 is 2. The third kappa shape index (κ3) is 20.3. The molecule has 1 aromatic carbocycles. The van der Waals surface area contributed by atoms with Crippen LogP contribution in [0, 0.1) is 23.7 Å². The summed E-state index contributed by atoms with van der Waals surface area (Å²) in [6, 6.07) is 5.41. The number of carbonyl (C=O) groups excluding carboxylic acids is 7. The van der Waals surface area contributed by atoms with Gasteiger partial charge in [0.1, 0.15) is 24.7 Å². The highest BCUT2D eigenvalue weighted by Crippen LogP contribution is 2.30. The summed E-state index contributed by atoms with van der Waals surface area (Å²) in [7, 11) is 8.46. The molecule has 1 saturated heterocycles. The number of esters is 1. The SMILES string of the molecule is CCSCCC(=O)N[C@@H](C)C(=O)OCCOCCNC(=O)[C@H](Cc1ccccc1)NC(=O)[C@H](C)[C@@H](OC)[C@@H]1CCCN1C(=O)C[C@@H](OC)C([C@@H](C)CC)N(C)C(=O)[C@@H](NC(=O)[C@H](C(C)C)N(C)C)C(C)C. The summed E-state index contributed by atoms with van der Waals surface area (Å²) in [5.74, 6) is -1.75. The van der Waals surface area contributed by atoms with E-state index in [-0.39, 0.29) is 80.6 Å². The first-order valence-electron chi connectivity index (χ1n) is 25.5. The van der Waals surface area contributed by atoms with Crippen LogP contribution in [0.15, 0.2) is 30.3 Å². The number of nitrogens with one attached hydrogen (secondary N) is 4. The lowest BCUT2D eigenvalue weighted by molar-refractivity contribution is -0.148. The van der Waals surface area contributed by atoms with Crippen LogP contribution in [-0.4, -0.2) is 184 Å². The second-order valence-electron chi connectivity index (χ2n) is 19.5. The molecule has 18 nitrogen and oxygen atoms in total. The second kappa shape index (κ2) is 32.7. The van der Waals surface area contributed by atoms with Crippen molar-refractivity contribution >= 4 is 53.2 Å². The van der Waals surface area contributed by atoms with Gasteiger partial charge in [-0.25, -0.2) is 4.79 Å². The molecule has 1 aliphatic heterocycles. The first-order chi connectivity index (χ1) is 33.6. The fraction of sp³-hybridized carbons (Fsp3) is 0.750. The number of rotatable bonds is 33. The van der Waals surface area contributed by atoms with Crippen molar-refractivity contribution in [2.45, 2.75) is 149 Å². The van der Waals surface area contributed by atoms with Gasteiger partial charge in [-0.2, -0.15) is 11.8 Å². The second-order valence-corrected chi connectivity index (χ2v) is 20.9. The number of hydrogen-bond acceptors (Lipinski definition) is 13. The minimum absolute atomic E-state index is 0.0179. The summed E-state index contributed by atoms with van der Waals surface area (Å²) in [6.45, 7) is 17.8. The highest BCUT2D eigenvalue weighted by Gasteiger charge is 2.43. The Morgan fingerprint density at radius 1 is 0.817 bits per heavy atom. The Hall–Kier alpha value is -4.30. The molecule has 71 heavy (non-hydrogen) atoms. The third-order valence-electron chi connectivity index (χ3n) is 13.3. The highest BCUT2D eigenvalue weighted by atomic mass is 32.2. The molecule has 1 aromatic rings. The van der Waals surface area contributed by atoms with Crippen LogP contribution in [0.3, 0.4) is 0 Å². The number of nitrogens with zero attached hydrogens (tertiary/aromatic N) is 3. The lowest BCUT2D eigenvalue weighted by Crippen LogP contribution is -2.59. The molecular weight excluding hydrogens is 931 g/mol. The van der Waals surface area contributed by atoms with Crippen molar-refractivity contribution in [2.24, 2.45) is 23.7 Å². The molecule has 404 valence electrons. The number of thioether (sulfide) groups is 1. The van der Waals surface area contributed by atoms with Gasteiger partial charge in [0.2, 0.25) is 35.4 Å². The number of likely N-dealkylation sites (N-methyl/N-ethyl adjacent to an activating group) is 2. The number of amides is 6. The van der Waals surface area contributed by atoms with Crippen LogP contribution in [0.5, 0.6) is 0 Å². The molecule has 1 heterocycles. The molecule has 1 fully saturated rings. The van der Waals surface area contributed by atoms with Crippen molar-refractivity contribution in [3.05, 3.63) is 35.9 Å². The van der Waals surface area contributed by atoms with Crippen LogP contribution in [0.4, 0.5) is 0 Å². The molecule has 0 spiro atoms. The van der Waals surface area contributed by atoms with Gasteiger partial charge in [0.25, 0.3) is 0 Å². The van der Waals surface area contributed by atoms with Crippen LogP contribution in [0.1, 0.15) is 100.0 Å². The van der Waals surface area contributed by atoms with E-state index >= 15 is 0 Å². The zero-order valence-corrected chi connectivity index (χ0v) is 46.1. The monoisotopic (exact) mass is 1020 g/mol. The predicted octanol–water partition coefficient (Wildman–Crippen LogP) is 3.69.